The summed E-state index contributed by atoms with van der Waals surface area (Å²) in [6.45, 7) is 8.32. The van der Waals surface area contributed by atoms with Crippen molar-refractivity contribution >= 4 is 28.8 Å². The van der Waals surface area contributed by atoms with Crippen LogP contribution in [-0.4, -0.2) is 46.6 Å². The molecule has 4 rings (SSSR count). The summed E-state index contributed by atoms with van der Waals surface area (Å²) in [6.07, 6.45) is 7.04. The van der Waals surface area contributed by atoms with Gasteiger partial charge in [-0.3, -0.25) is 9.78 Å². The lowest BCUT2D eigenvalue weighted by Gasteiger charge is -2.29. The summed E-state index contributed by atoms with van der Waals surface area (Å²) in [4.78, 5) is 19.2. The van der Waals surface area contributed by atoms with Crippen molar-refractivity contribution in [3.8, 4) is 0 Å². The third-order valence-electron chi connectivity index (χ3n) is 6.03. The monoisotopic (exact) mass is 451 g/mol. The van der Waals surface area contributed by atoms with Gasteiger partial charge in [-0.25, -0.2) is 0 Å². The number of piperidine rings is 1. The van der Waals surface area contributed by atoms with Crippen LogP contribution in [0.3, 0.4) is 0 Å². The predicted octanol–water partition coefficient (Wildman–Crippen LogP) is 4.66. The maximum atomic E-state index is 12.8. The fourth-order valence-electron chi connectivity index (χ4n) is 4.05. The van der Waals surface area contributed by atoms with E-state index < -0.39 is 0 Å². The maximum absolute atomic E-state index is 12.8. The van der Waals surface area contributed by atoms with Gasteiger partial charge in [0, 0.05) is 53.8 Å². The molecule has 5 nitrogen and oxygen atoms in total. The Morgan fingerprint density at radius 2 is 1.94 bits per heavy atom. The van der Waals surface area contributed by atoms with Crippen molar-refractivity contribution in [1.29, 1.82) is 0 Å². The van der Waals surface area contributed by atoms with Gasteiger partial charge in [0.2, 0.25) is 0 Å². The van der Waals surface area contributed by atoms with E-state index >= 15 is 0 Å². The zero-order valence-corrected chi connectivity index (χ0v) is 19.6. The average Bonchev–Trinajstić information content (AvgIpc) is 2.78. The summed E-state index contributed by atoms with van der Waals surface area (Å²) in [5.41, 5.74) is 5.65. The van der Waals surface area contributed by atoms with Crippen LogP contribution in [0.4, 0.5) is 0 Å². The number of nitrogens with one attached hydrogen (secondary N) is 1. The molecular formula is C26H30ClN3O2. The zero-order chi connectivity index (χ0) is 22.9. The zero-order valence-electron chi connectivity index (χ0n) is 18.9. The summed E-state index contributed by atoms with van der Waals surface area (Å²) in [6, 6.07) is 9.65. The fourth-order valence-corrected chi connectivity index (χ4v) is 4.33. The molecule has 0 unspecified atom stereocenters. The Hall–Kier alpha value is -2.63. The number of aliphatic hydroxyl groups excluding tert-OH is 1. The van der Waals surface area contributed by atoms with E-state index in [-0.39, 0.29) is 17.4 Å². The van der Waals surface area contributed by atoms with Gasteiger partial charge in [0.15, 0.2) is 0 Å². The van der Waals surface area contributed by atoms with Crippen molar-refractivity contribution in [3.63, 3.8) is 0 Å². The predicted molar refractivity (Wildman–Crippen MR) is 129 cm³/mol. The Labute approximate surface area is 194 Å². The number of nitrogens with zero attached hydrogens (tertiary/aromatic N) is 2. The van der Waals surface area contributed by atoms with Crippen LogP contribution in [0.25, 0.3) is 11.3 Å². The van der Waals surface area contributed by atoms with Crippen LogP contribution in [0.5, 0.6) is 0 Å². The molecule has 0 bridgehead atoms. The summed E-state index contributed by atoms with van der Waals surface area (Å²) in [5.74, 6) is -0.0389. The molecule has 1 aromatic carbocycles. The van der Waals surface area contributed by atoms with Crippen LogP contribution in [0.2, 0.25) is 5.02 Å². The van der Waals surface area contributed by atoms with Gasteiger partial charge in [0.05, 0.1) is 11.1 Å². The first-order chi connectivity index (χ1) is 15.2. The highest BCUT2D eigenvalue weighted by Crippen LogP contribution is 2.31. The highest BCUT2D eigenvalue weighted by atomic mass is 35.5. The van der Waals surface area contributed by atoms with Crippen molar-refractivity contribution in [3.05, 3.63) is 76.1 Å². The highest BCUT2D eigenvalue weighted by Gasteiger charge is 2.23. The van der Waals surface area contributed by atoms with E-state index in [0.717, 1.165) is 28.1 Å². The molecule has 2 aliphatic rings. The first-order valence-electron chi connectivity index (χ1n) is 11.1. The van der Waals surface area contributed by atoms with Gasteiger partial charge >= 0.3 is 0 Å². The molecule has 2 aliphatic heterocycles. The van der Waals surface area contributed by atoms with Crippen LogP contribution >= 0.6 is 11.6 Å². The smallest absolute Gasteiger partial charge is 0.253 e. The van der Waals surface area contributed by atoms with E-state index in [2.05, 4.69) is 49.3 Å². The summed E-state index contributed by atoms with van der Waals surface area (Å²) in [7, 11) is 0. The third-order valence-corrected chi connectivity index (χ3v) is 6.35. The molecule has 2 aromatic rings. The number of aromatic nitrogens is 1. The first kappa shape index (κ1) is 22.6. The van der Waals surface area contributed by atoms with Crippen molar-refractivity contribution in [1.82, 2.24) is 15.2 Å². The fraction of sp³-hybridized carbons (Fsp3) is 0.385. The lowest BCUT2D eigenvalue weighted by molar-refractivity contribution is 0.0546. The minimum absolute atomic E-state index is 0.0197. The van der Waals surface area contributed by atoms with E-state index in [1.54, 1.807) is 11.0 Å². The Morgan fingerprint density at radius 3 is 2.62 bits per heavy atom. The lowest BCUT2D eigenvalue weighted by atomic mass is 9.89. The highest BCUT2D eigenvalue weighted by molar-refractivity contribution is 6.32. The molecular weight excluding hydrogens is 422 g/mol. The molecule has 0 radical (unpaired) electrons. The Bertz CT molecular complexity index is 1080. The SMILES string of the molecule is CC(C)(C)c1cc(C2=CCNC(c3ccc(C(=O)N4CCC(O)CC4)cc3Cl)=C2)ccn1. The molecule has 1 fully saturated rings. The number of carbonyl (C=O) groups excluding carboxylic acids is 1. The standard InChI is InChI=1S/C26H30ClN3O2/c1-26(2,3)24-16-18(7-11-29-24)17-6-10-28-23(15-17)21-5-4-19(14-22(21)27)25(32)30-12-8-20(31)9-13-30/h4-7,11,14-16,20,28,31H,8-10,12-13H2,1-3H3. The molecule has 2 N–H and O–H groups in total. The number of hydrogen-bond donors (Lipinski definition) is 2. The van der Waals surface area contributed by atoms with Gasteiger partial charge in [0.25, 0.3) is 5.91 Å². The molecule has 168 valence electrons. The van der Waals surface area contributed by atoms with Gasteiger partial charge in [-0.2, -0.15) is 0 Å². The normalized spacial score (nSPS) is 17.5. The third kappa shape index (κ3) is 4.89. The number of pyridine rings is 1. The second-order valence-corrected chi connectivity index (χ2v) is 9.90. The van der Waals surface area contributed by atoms with Crippen molar-refractivity contribution in [2.45, 2.75) is 45.1 Å². The maximum Gasteiger partial charge on any atom is 0.253 e. The molecule has 0 aliphatic carbocycles. The number of dihydropyridines is 1. The number of benzene rings is 1. The number of likely N-dealkylation sites (tertiary alicyclic amines) is 1. The molecule has 1 aromatic heterocycles. The summed E-state index contributed by atoms with van der Waals surface area (Å²) in [5, 5.41) is 13.6. The van der Waals surface area contributed by atoms with E-state index in [1.807, 2.05) is 24.4 Å². The van der Waals surface area contributed by atoms with Crippen LogP contribution in [-0.2, 0) is 5.41 Å². The Morgan fingerprint density at radius 1 is 1.19 bits per heavy atom. The minimum atomic E-state index is -0.309. The first-order valence-corrected chi connectivity index (χ1v) is 11.5. The molecule has 0 saturated carbocycles. The van der Waals surface area contributed by atoms with Gasteiger partial charge in [-0.15, -0.1) is 0 Å². The Kier molecular flexibility index (Phi) is 6.40. The van der Waals surface area contributed by atoms with E-state index in [0.29, 0.717) is 43.1 Å². The number of hydrogen-bond acceptors (Lipinski definition) is 4. The number of rotatable bonds is 3. The average molecular weight is 452 g/mol. The number of amides is 1. The van der Waals surface area contributed by atoms with Crippen LogP contribution < -0.4 is 5.32 Å². The van der Waals surface area contributed by atoms with Gasteiger partial charge in [-0.1, -0.05) is 44.5 Å². The molecule has 0 atom stereocenters. The second kappa shape index (κ2) is 9.08. The second-order valence-electron chi connectivity index (χ2n) is 9.50. The van der Waals surface area contributed by atoms with E-state index in [4.69, 9.17) is 11.6 Å². The van der Waals surface area contributed by atoms with Crippen LogP contribution in [0.1, 0.15) is 60.8 Å². The number of aliphatic hydroxyl groups is 1. The largest absolute Gasteiger partial charge is 0.393 e. The minimum Gasteiger partial charge on any atom is -0.393 e. The van der Waals surface area contributed by atoms with Crippen LogP contribution in [0.15, 0.2) is 48.7 Å². The number of halogens is 1. The summed E-state index contributed by atoms with van der Waals surface area (Å²) >= 11 is 6.63. The molecule has 6 heteroatoms. The van der Waals surface area contributed by atoms with Gasteiger partial charge in [0.1, 0.15) is 0 Å². The van der Waals surface area contributed by atoms with Gasteiger partial charge < -0.3 is 15.3 Å². The molecule has 0 spiro atoms. The lowest BCUT2D eigenvalue weighted by Crippen LogP contribution is -2.40. The van der Waals surface area contributed by atoms with E-state index in [9.17, 15) is 9.90 Å². The van der Waals surface area contributed by atoms with Crippen LogP contribution in [0, 0.1) is 0 Å². The van der Waals surface area contributed by atoms with Crippen molar-refractivity contribution in [2.24, 2.45) is 0 Å². The van der Waals surface area contributed by atoms with Gasteiger partial charge in [-0.05, 0) is 54.3 Å². The summed E-state index contributed by atoms with van der Waals surface area (Å²) < 4.78 is 0. The molecule has 32 heavy (non-hydrogen) atoms. The number of carbonyl (C=O) groups is 1. The topological polar surface area (TPSA) is 65.5 Å². The van der Waals surface area contributed by atoms with E-state index in [1.165, 1.54) is 0 Å². The molecule has 1 amide bonds. The van der Waals surface area contributed by atoms with Crippen molar-refractivity contribution < 1.29 is 9.90 Å². The molecule has 3 heterocycles. The quantitative estimate of drug-likeness (QED) is 0.712. The number of allylic oxidation sites excluding steroid dienone is 2. The van der Waals surface area contributed by atoms with Crippen molar-refractivity contribution in [2.75, 3.05) is 19.6 Å². The Balaban J connectivity index is 1.57. The molecule has 1 saturated heterocycles.